The van der Waals surface area contributed by atoms with E-state index in [1.807, 2.05) is 0 Å². The van der Waals surface area contributed by atoms with Crippen LogP contribution in [-0.4, -0.2) is 23.8 Å². The zero-order valence-corrected chi connectivity index (χ0v) is 8.04. The van der Waals surface area contributed by atoms with Crippen LogP contribution in [0.1, 0.15) is 13.3 Å². The summed E-state index contributed by atoms with van der Waals surface area (Å²) < 4.78 is 0. The van der Waals surface area contributed by atoms with Crippen LogP contribution in [0.5, 0.6) is 0 Å². The van der Waals surface area contributed by atoms with Gasteiger partial charge in [0.05, 0.1) is 11.4 Å². The number of nitrogens with one attached hydrogen (secondary N) is 1. The molecule has 0 aromatic rings. The lowest BCUT2D eigenvalue weighted by Gasteiger charge is -2.17. The summed E-state index contributed by atoms with van der Waals surface area (Å²) in [5.74, 6) is 1.44. The summed E-state index contributed by atoms with van der Waals surface area (Å²) in [7, 11) is 0. The zero-order chi connectivity index (χ0) is 8.97. The Morgan fingerprint density at radius 3 is 3.00 bits per heavy atom. The van der Waals surface area contributed by atoms with E-state index < -0.39 is 0 Å². The van der Waals surface area contributed by atoms with E-state index in [2.05, 4.69) is 12.2 Å². The molecule has 4 heteroatoms. The molecule has 0 aromatic carbocycles. The molecule has 0 bridgehead atoms. The van der Waals surface area contributed by atoms with Gasteiger partial charge in [0.15, 0.2) is 5.78 Å². The second-order valence-electron chi connectivity index (χ2n) is 2.73. The molecular weight excluding hydrogens is 172 g/mol. The van der Waals surface area contributed by atoms with Crippen molar-refractivity contribution in [3.05, 3.63) is 11.4 Å². The first-order valence-corrected chi connectivity index (χ1v) is 5.24. The lowest BCUT2D eigenvalue weighted by molar-refractivity contribution is -0.113. The van der Waals surface area contributed by atoms with E-state index >= 15 is 0 Å². The fourth-order valence-electron chi connectivity index (χ4n) is 0.992. The first kappa shape index (κ1) is 9.45. The predicted molar refractivity (Wildman–Crippen MR) is 51.8 cm³/mol. The number of thioether (sulfide) groups is 1. The van der Waals surface area contributed by atoms with Crippen molar-refractivity contribution in [1.29, 1.82) is 0 Å². The molecule has 0 fully saturated rings. The second-order valence-corrected chi connectivity index (χ2v) is 3.72. The van der Waals surface area contributed by atoms with Crippen LogP contribution in [0, 0.1) is 0 Å². The van der Waals surface area contributed by atoms with Gasteiger partial charge >= 0.3 is 0 Å². The molecule has 1 aliphatic heterocycles. The quantitative estimate of drug-likeness (QED) is 0.673. The van der Waals surface area contributed by atoms with Crippen LogP contribution < -0.4 is 11.1 Å². The molecule has 0 spiro atoms. The molecule has 3 nitrogen and oxygen atoms in total. The van der Waals surface area contributed by atoms with Gasteiger partial charge in [0.1, 0.15) is 0 Å². The summed E-state index contributed by atoms with van der Waals surface area (Å²) in [6.45, 7) is 2.98. The highest BCUT2D eigenvalue weighted by Crippen LogP contribution is 2.15. The minimum Gasteiger partial charge on any atom is -0.394 e. The number of allylic oxidation sites excluding steroid dienone is 1. The molecule has 0 saturated heterocycles. The van der Waals surface area contributed by atoms with Crippen molar-refractivity contribution >= 4 is 17.5 Å². The van der Waals surface area contributed by atoms with E-state index in [4.69, 9.17) is 5.73 Å². The third-order valence-electron chi connectivity index (χ3n) is 1.69. The summed E-state index contributed by atoms with van der Waals surface area (Å²) in [6.07, 6.45) is 1.05. The van der Waals surface area contributed by atoms with Crippen LogP contribution >= 0.6 is 11.8 Å². The van der Waals surface area contributed by atoms with Gasteiger partial charge in [-0.2, -0.15) is 0 Å². The van der Waals surface area contributed by atoms with Gasteiger partial charge in [-0.15, -0.1) is 11.8 Å². The first-order valence-electron chi connectivity index (χ1n) is 4.09. The Morgan fingerprint density at radius 1 is 1.58 bits per heavy atom. The fourth-order valence-corrected chi connectivity index (χ4v) is 1.90. The van der Waals surface area contributed by atoms with Crippen molar-refractivity contribution in [3.63, 3.8) is 0 Å². The average Bonchev–Trinajstić information content (AvgIpc) is 2.08. The highest BCUT2D eigenvalue weighted by atomic mass is 32.2. The van der Waals surface area contributed by atoms with Gasteiger partial charge in [-0.3, -0.25) is 4.79 Å². The Morgan fingerprint density at radius 2 is 2.33 bits per heavy atom. The summed E-state index contributed by atoms with van der Waals surface area (Å²) >= 11 is 1.62. The van der Waals surface area contributed by atoms with Crippen molar-refractivity contribution in [2.75, 3.05) is 18.1 Å². The molecule has 3 N–H and O–H groups in total. The second kappa shape index (κ2) is 4.40. The SMILES string of the molecule is CCCNC1=C(N)C(=O)CSC1. The first-order chi connectivity index (χ1) is 5.75. The number of carbonyl (C=O) groups excluding carboxylic acids is 1. The van der Waals surface area contributed by atoms with Gasteiger partial charge in [0.25, 0.3) is 0 Å². The minimum absolute atomic E-state index is 0.0600. The van der Waals surface area contributed by atoms with Crippen LogP contribution in [0.15, 0.2) is 11.4 Å². The van der Waals surface area contributed by atoms with Crippen LogP contribution in [0.4, 0.5) is 0 Å². The van der Waals surface area contributed by atoms with Crippen molar-refractivity contribution in [1.82, 2.24) is 5.32 Å². The Balaban J connectivity index is 2.59. The highest BCUT2D eigenvalue weighted by Gasteiger charge is 2.17. The summed E-state index contributed by atoms with van der Waals surface area (Å²) in [5, 5.41) is 3.16. The molecule has 0 aromatic heterocycles. The maximum absolute atomic E-state index is 11.1. The third kappa shape index (κ3) is 2.17. The van der Waals surface area contributed by atoms with Gasteiger partial charge in [-0.25, -0.2) is 0 Å². The van der Waals surface area contributed by atoms with Crippen molar-refractivity contribution in [3.8, 4) is 0 Å². The minimum atomic E-state index is 0.0600. The van der Waals surface area contributed by atoms with Crippen LogP contribution in [0.3, 0.4) is 0 Å². The van der Waals surface area contributed by atoms with Crippen molar-refractivity contribution < 1.29 is 4.79 Å². The Kier molecular flexibility index (Phi) is 3.47. The molecule has 1 aliphatic rings. The molecule has 0 saturated carbocycles. The number of nitrogens with two attached hydrogens (primary N) is 1. The van der Waals surface area contributed by atoms with E-state index in [9.17, 15) is 4.79 Å². The molecule has 0 atom stereocenters. The van der Waals surface area contributed by atoms with Gasteiger partial charge in [-0.1, -0.05) is 6.92 Å². The molecule has 12 heavy (non-hydrogen) atoms. The predicted octanol–water partition coefficient (Wildman–Crippen LogP) is 0.472. The fraction of sp³-hybridized carbons (Fsp3) is 0.625. The molecule has 0 aliphatic carbocycles. The lowest BCUT2D eigenvalue weighted by Crippen LogP contribution is -2.29. The van der Waals surface area contributed by atoms with Crippen LogP contribution in [-0.2, 0) is 4.79 Å². The van der Waals surface area contributed by atoms with E-state index in [-0.39, 0.29) is 5.78 Å². The largest absolute Gasteiger partial charge is 0.394 e. The van der Waals surface area contributed by atoms with Crippen molar-refractivity contribution in [2.45, 2.75) is 13.3 Å². The average molecular weight is 186 g/mol. The summed E-state index contributed by atoms with van der Waals surface area (Å²) in [4.78, 5) is 11.1. The number of carbonyl (C=O) groups is 1. The zero-order valence-electron chi connectivity index (χ0n) is 7.22. The third-order valence-corrected chi connectivity index (χ3v) is 2.65. The number of hydrogen-bond acceptors (Lipinski definition) is 4. The van der Waals surface area contributed by atoms with Gasteiger partial charge in [-0.05, 0) is 6.42 Å². The summed E-state index contributed by atoms with van der Waals surface area (Å²) in [5.41, 5.74) is 6.97. The Labute approximate surface area is 76.8 Å². The maximum Gasteiger partial charge on any atom is 0.190 e. The van der Waals surface area contributed by atoms with E-state index in [1.165, 1.54) is 0 Å². The topological polar surface area (TPSA) is 55.1 Å². The van der Waals surface area contributed by atoms with Gasteiger partial charge in [0, 0.05) is 18.0 Å². The normalized spacial score (nSPS) is 18.2. The van der Waals surface area contributed by atoms with E-state index in [1.54, 1.807) is 11.8 Å². The number of Topliss-reactive ketones (excluding diaryl/α,β-unsaturated/α-hetero) is 1. The smallest absolute Gasteiger partial charge is 0.190 e. The summed E-state index contributed by atoms with van der Waals surface area (Å²) in [6, 6.07) is 0. The molecule has 0 amide bonds. The van der Waals surface area contributed by atoms with Crippen molar-refractivity contribution in [2.24, 2.45) is 5.73 Å². The maximum atomic E-state index is 11.1. The molecule has 1 heterocycles. The van der Waals surface area contributed by atoms with Crippen LogP contribution in [0.2, 0.25) is 0 Å². The monoisotopic (exact) mass is 186 g/mol. The molecular formula is C8H14N2OS. The standard InChI is InChI=1S/C8H14N2OS/c1-2-3-10-6-4-12-5-7(11)8(6)9/h10H,2-5,9H2,1H3. The van der Waals surface area contributed by atoms with E-state index in [0.29, 0.717) is 11.4 Å². The number of rotatable bonds is 3. The molecule has 68 valence electrons. The number of hydrogen-bond donors (Lipinski definition) is 2. The molecule has 1 rings (SSSR count). The molecule has 0 unspecified atom stereocenters. The highest BCUT2D eigenvalue weighted by molar-refractivity contribution is 8.00. The number of ketones is 1. The molecule has 0 radical (unpaired) electrons. The van der Waals surface area contributed by atoms with Gasteiger partial charge < -0.3 is 11.1 Å². The van der Waals surface area contributed by atoms with Crippen LogP contribution in [0.25, 0.3) is 0 Å². The lowest BCUT2D eigenvalue weighted by atomic mass is 10.2. The Hall–Kier alpha value is -0.640. The van der Waals surface area contributed by atoms with Gasteiger partial charge in [0.2, 0.25) is 0 Å². The Bertz CT molecular complexity index is 213. The van der Waals surface area contributed by atoms with E-state index in [0.717, 1.165) is 24.4 Å².